The monoisotopic (exact) mass is 647 g/mol. The second-order valence-corrected chi connectivity index (χ2v) is 12.8. The average Bonchev–Trinajstić information content (AvgIpc) is 3.07. The van der Waals surface area contributed by atoms with Crippen LogP contribution in [0.25, 0.3) is 0 Å². The summed E-state index contributed by atoms with van der Waals surface area (Å²) in [7, 11) is -2.66. The Hall–Kier alpha value is -4.34. The fourth-order valence-electron chi connectivity index (χ4n) is 4.84. The molecule has 0 aromatic heterocycles. The van der Waals surface area contributed by atoms with Crippen molar-refractivity contribution >= 4 is 39.1 Å². The van der Waals surface area contributed by atoms with Gasteiger partial charge in [-0.1, -0.05) is 85.6 Å². The van der Waals surface area contributed by atoms with E-state index in [9.17, 15) is 18.0 Å². The van der Waals surface area contributed by atoms with Gasteiger partial charge in [-0.05, 0) is 66.1 Å². The van der Waals surface area contributed by atoms with Crippen molar-refractivity contribution in [1.82, 2.24) is 10.2 Å². The van der Waals surface area contributed by atoms with Gasteiger partial charge >= 0.3 is 0 Å². The number of hydrogen-bond donors (Lipinski definition) is 1. The second kappa shape index (κ2) is 16.1. The van der Waals surface area contributed by atoms with E-state index in [-0.39, 0.29) is 29.5 Å². The summed E-state index contributed by atoms with van der Waals surface area (Å²) in [6.07, 6.45) is 1.92. The first kappa shape index (κ1) is 33.6. The molecule has 45 heavy (non-hydrogen) atoms. The highest BCUT2D eigenvalue weighted by molar-refractivity contribution is 7.92. The normalized spacial score (nSPS) is 11.8. The van der Waals surface area contributed by atoms with Crippen molar-refractivity contribution in [2.75, 3.05) is 24.5 Å². The summed E-state index contributed by atoms with van der Waals surface area (Å²) in [5.74, 6) is -0.304. The lowest BCUT2D eigenvalue weighted by atomic mass is 10.0. The maximum absolute atomic E-state index is 14.5. The van der Waals surface area contributed by atoms with Crippen LogP contribution in [0.2, 0.25) is 5.02 Å². The van der Waals surface area contributed by atoms with Crippen LogP contribution in [-0.4, -0.2) is 51.4 Å². The van der Waals surface area contributed by atoms with Crippen molar-refractivity contribution in [1.29, 1.82) is 0 Å². The first-order valence-corrected chi connectivity index (χ1v) is 16.6. The lowest BCUT2D eigenvalue weighted by molar-refractivity contribution is -0.140. The largest absolute Gasteiger partial charge is 0.497 e. The molecular weight excluding hydrogens is 610 g/mol. The van der Waals surface area contributed by atoms with Crippen LogP contribution in [0.15, 0.2) is 114 Å². The predicted octanol–water partition coefficient (Wildman–Crippen LogP) is 6.10. The van der Waals surface area contributed by atoms with Crippen LogP contribution in [0, 0.1) is 0 Å². The molecule has 0 heterocycles. The molecule has 0 saturated heterocycles. The summed E-state index contributed by atoms with van der Waals surface area (Å²) in [5, 5.41) is 3.52. The third-order valence-corrected chi connectivity index (χ3v) is 9.38. The van der Waals surface area contributed by atoms with Crippen molar-refractivity contribution in [2.45, 2.75) is 43.7 Å². The molecule has 4 aromatic carbocycles. The van der Waals surface area contributed by atoms with E-state index < -0.39 is 28.5 Å². The summed E-state index contributed by atoms with van der Waals surface area (Å²) in [4.78, 5) is 29.7. The van der Waals surface area contributed by atoms with Crippen molar-refractivity contribution in [3.05, 3.63) is 125 Å². The minimum Gasteiger partial charge on any atom is -0.497 e. The number of benzene rings is 4. The predicted molar refractivity (Wildman–Crippen MR) is 178 cm³/mol. The number of nitrogens with one attached hydrogen (secondary N) is 1. The van der Waals surface area contributed by atoms with Crippen LogP contribution in [0.3, 0.4) is 0 Å². The van der Waals surface area contributed by atoms with Gasteiger partial charge in [0.25, 0.3) is 10.0 Å². The van der Waals surface area contributed by atoms with Gasteiger partial charge in [-0.2, -0.15) is 0 Å². The molecule has 0 fully saturated rings. The van der Waals surface area contributed by atoms with Crippen LogP contribution < -0.4 is 14.4 Å². The average molecular weight is 648 g/mol. The van der Waals surface area contributed by atoms with Crippen molar-refractivity contribution < 1.29 is 22.7 Å². The first-order valence-electron chi connectivity index (χ1n) is 14.8. The minimum absolute atomic E-state index is 0.0380. The maximum Gasteiger partial charge on any atom is 0.264 e. The van der Waals surface area contributed by atoms with Gasteiger partial charge in [0, 0.05) is 24.5 Å². The number of methoxy groups -OCH3 is 1. The topological polar surface area (TPSA) is 96.0 Å². The van der Waals surface area contributed by atoms with Crippen molar-refractivity contribution in [2.24, 2.45) is 0 Å². The molecule has 0 spiro atoms. The molecule has 0 aliphatic carbocycles. The highest BCUT2D eigenvalue weighted by Crippen LogP contribution is 2.27. The lowest BCUT2D eigenvalue weighted by Crippen LogP contribution is -2.53. The molecule has 1 atom stereocenters. The number of nitrogens with zero attached hydrogens (tertiary/aromatic N) is 2. The smallest absolute Gasteiger partial charge is 0.264 e. The fourth-order valence-corrected chi connectivity index (χ4v) is 6.40. The van der Waals surface area contributed by atoms with Crippen LogP contribution >= 0.6 is 11.6 Å². The van der Waals surface area contributed by atoms with E-state index in [0.717, 1.165) is 28.3 Å². The summed E-state index contributed by atoms with van der Waals surface area (Å²) in [6.45, 7) is 2.02. The van der Waals surface area contributed by atoms with E-state index in [2.05, 4.69) is 5.32 Å². The van der Waals surface area contributed by atoms with Crippen LogP contribution in [0.4, 0.5) is 5.69 Å². The fraction of sp³-hybridized carbons (Fsp3) is 0.257. The van der Waals surface area contributed by atoms with E-state index >= 15 is 0 Å². The Bertz CT molecular complexity index is 1630. The number of carbonyl (C=O) groups excluding carboxylic acids is 2. The molecule has 0 unspecified atom stereocenters. The molecule has 0 bridgehead atoms. The number of ether oxygens (including phenoxy) is 1. The Balaban J connectivity index is 1.77. The Morgan fingerprint density at radius 2 is 1.47 bits per heavy atom. The molecule has 2 amide bonds. The van der Waals surface area contributed by atoms with Crippen molar-refractivity contribution in [3.8, 4) is 5.75 Å². The zero-order valence-corrected chi connectivity index (χ0v) is 27.0. The highest BCUT2D eigenvalue weighted by Gasteiger charge is 2.34. The van der Waals surface area contributed by atoms with Crippen molar-refractivity contribution in [3.63, 3.8) is 0 Å². The van der Waals surface area contributed by atoms with Crippen LogP contribution in [0.1, 0.15) is 30.9 Å². The summed E-state index contributed by atoms with van der Waals surface area (Å²) >= 11 is 6.14. The molecule has 1 N–H and O–H groups in total. The third-order valence-electron chi connectivity index (χ3n) is 7.34. The van der Waals surface area contributed by atoms with Gasteiger partial charge in [-0.25, -0.2) is 8.42 Å². The molecule has 8 nitrogen and oxygen atoms in total. The molecule has 0 aliphatic heterocycles. The van der Waals surface area contributed by atoms with Crippen LogP contribution in [0.5, 0.6) is 5.75 Å². The minimum atomic E-state index is -4.18. The van der Waals surface area contributed by atoms with E-state index in [4.69, 9.17) is 16.3 Å². The summed E-state index contributed by atoms with van der Waals surface area (Å²) in [5.41, 5.74) is 1.89. The molecule has 10 heteroatoms. The third kappa shape index (κ3) is 9.09. The van der Waals surface area contributed by atoms with Gasteiger partial charge in [0.05, 0.1) is 17.7 Å². The zero-order chi connectivity index (χ0) is 32.2. The Morgan fingerprint density at radius 1 is 0.844 bits per heavy atom. The summed E-state index contributed by atoms with van der Waals surface area (Å²) < 4.78 is 34.4. The molecular formula is C35H38ClN3O5S. The molecule has 0 saturated carbocycles. The lowest BCUT2D eigenvalue weighted by Gasteiger charge is -2.34. The van der Waals surface area contributed by atoms with Gasteiger partial charge in [0.15, 0.2) is 0 Å². The number of sulfonamides is 1. The standard InChI is InChI=1S/C35H38ClN3O5S/c1-3-4-23-37-35(41)33(24-27-11-7-5-8-12-27)38(25-28-15-17-29(36)18-16-28)34(40)26-39(30-19-21-31(44-2)22-20-30)45(42,43)32-13-9-6-10-14-32/h5-22,33H,3-4,23-26H2,1-2H3,(H,37,41)/t33-/m0/s1. The number of halogens is 1. The number of carbonyl (C=O) groups is 2. The van der Waals surface area contributed by atoms with E-state index in [1.807, 2.05) is 37.3 Å². The number of hydrogen-bond acceptors (Lipinski definition) is 5. The molecule has 4 aromatic rings. The number of unbranched alkanes of at least 4 members (excludes halogenated alkanes) is 1. The van der Waals surface area contributed by atoms with E-state index in [0.29, 0.717) is 17.3 Å². The Morgan fingerprint density at radius 3 is 2.07 bits per heavy atom. The summed E-state index contributed by atoms with van der Waals surface area (Å²) in [6, 6.07) is 30.0. The molecule has 0 aliphatic rings. The Kier molecular flexibility index (Phi) is 12.0. The number of amides is 2. The van der Waals surface area contributed by atoms with E-state index in [1.54, 1.807) is 66.7 Å². The second-order valence-electron chi connectivity index (χ2n) is 10.5. The van der Waals surface area contributed by atoms with Gasteiger partial charge in [0.2, 0.25) is 11.8 Å². The highest BCUT2D eigenvalue weighted by atomic mass is 35.5. The quantitative estimate of drug-likeness (QED) is 0.157. The zero-order valence-electron chi connectivity index (χ0n) is 25.4. The maximum atomic E-state index is 14.5. The molecule has 4 rings (SSSR count). The molecule has 236 valence electrons. The van der Waals surface area contributed by atoms with Gasteiger partial charge < -0.3 is 15.0 Å². The van der Waals surface area contributed by atoms with E-state index in [1.165, 1.54) is 24.1 Å². The SMILES string of the molecule is CCCCNC(=O)[C@H](Cc1ccccc1)N(Cc1ccc(Cl)cc1)C(=O)CN(c1ccc(OC)cc1)S(=O)(=O)c1ccccc1. The Labute approximate surface area is 270 Å². The van der Waals surface area contributed by atoms with Gasteiger partial charge in [-0.15, -0.1) is 0 Å². The first-order chi connectivity index (χ1) is 21.7. The molecule has 0 radical (unpaired) electrons. The van der Waals surface area contributed by atoms with Gasteiger partial charge in [0.1, 0.15) is 18.3 Å². The number of rotatable bonds is 15. The van der Waals surface area contributed by atoms with Gasteiger partial charge in [-0.3, -0.25) is 13.9 Å². The van der Waals surface area contributed by atoms with Crippen LogP contribution in [-0.2, 0) is 32.6 Å². The number of anilines is 1.